The Labute approximate surface area is 152 Å². The molecule has 0 aliphatic heterocycles. The monoisotopic (exact) mass is 492 g/mol. The molecule has 2 aromatic rings. The van der Waals surface area contributed by atoms with Crippen LogP contribution in [0.3, 0.4) is 0 Å². The molecule has 0 aliphatic carbocycles. The van der Waals surface area contributed by atoms with Gasteiger partial charge in [-0.3, -0.25) is 4.79 Å². The Morgan fingerprint density at radius 1 is 1.05 bits per heavy atom. The Morgan fingerprint density at radius 3 is 2.05 bits per heavy atom. The highest BCUT2D eigenvalue weighted by Gasteiger charge is 2.45. The lowest BCUT2D eigenvalue weighted by Crippen LogP contribution is -2.35. The Balaban J connectivity index is 2.33. The van der Waals surface area contributed by atoms with Gasteiger partial charge in [0, 0.05) is 5.56 Å². The fraction of sp³-hybridized carbons (Fsp3) is 0.188. The van der Waals surface area contributed by atoms with Gasteiger partial charge >= 0.3 is 0 Å². The van der Waals surface area contributed by atoms with Gasteiger partial charge in [0.1, 0.15) is 0 Å². The molecule has 0 saturated heterocycles. The number of sulfone groups is 1. The summed E-state index contributed by atoms with van der Waals surface area (Å²) >= 11 is 4.73. The van der Waals surface area contributed by atoms with Gasteiger partial charge in [-0.25, -0.2) is 8.42 Å². The summed E-state index contributed by atoms with van der Waals surface area (Å²) in [5.41, 5.74) is 2.38. The SMILES string of the molecule is CCS(=O)(=O)[C@](Br)(I)C(=O)c1ccc(-c2ccccc2)cc1. The highest BCUT2D eigenvalue weighted by molar-refractivity contribution is 14.1. The Bertz CT molecular complexity index is 769. The third kappa shape index (κ3) is 3.44. The lowest BCUT2D eigenvalue weighted by molar-refractivity contribution is 0.101. The second-order valence-corrected chi connectivity index (χ2v) is 12.7. The molecule has 2 rings (SSSR count). The zero-order valence-electron chi connectivity index (χ0n) is 11.8. The van der Waals surface area contributed by atoms with Crippen molar-refractivity contribution in [2.45, 2.75) is 8.59 Å². The maximum atomic E-state index is 12.5. The second-order valence-electron chi connectivity index (χ2n) is 4.69. The van der Waals surface area contributed by atoms with E-state index in [4.69, 9.17) is 0 Å². The highest BCUT2D eigenvalue weighted by Crippen LogP contribution is 2.37. The van der Waals surface area contributed by atoms with Crippen molar-refractivity contribution in [2.75, 3.05) is 5.75 Å². The molecular formula is C16H14BrIO3S. The number of hydrogen-bond donors (Lipinski definition) is 0. The number of carbonyl (C=O) groups excluding carboxylic acids is 1. The molecule has 0 spiro atoms. The van der Waals surface area contributed by atoms with Gasteiger partial charge in [0.05, 0.1) is 5.75 Å². The van der Waals surface area contributed by atoms with Gasteiger partial charge in [-0.15, -0.1) is 0 Å². The maximum absolute atomic E-state index is 12.5. The van der Waals surface area contributed by atoms with Crippen molar-refractivity contribution in [3.8, 4) is 11.1 Å². The van der Waals surface area contributed by atoms with E-state index >= 15 is 0 Å². The lowest BCUT2D eigenvalue weighted by Gasteiger charge is -2.18. The molecule has 0 N–H and O–H groups in total. The van der Waals surface area contributed by atoms with Crippen molar-refractivity contribution < 1.29 is 13.2 Å². The molecule has 3 nitrogen and oxygen atoms in total. The van der Waals surface area contributed by atoms with Gasteiger partial charge in [0.15, 0.2) is 9.84 Å². The average molecular weight is 493 g/mol. The lowest BCUT2D eigenvalue weighted by atomic mass is 10.0. The summed E-state index contributed by atoms with van der Waals surface area (Å²) in [5.74, 6) is -0.566. The first-order chi connectivity index (χ1) is 10.3. The number of benzene rings is 2. The normalized spacial score (nSPS) is 14.3. The van der Waals surface area contributed by atoms with Crippen LogP contribution in [0.4, 0.5) is 0 Å². The molecule has 1 atom stereocenters. The molecule has 0 saturated carbocycles. The third-order valence-corrected chi connectivity index (χ3v) is 9.36. The molecule has 0 aromatic heterocycles. The molecule has 22 heavy (non-hydrogen) atoms. The number of alkyl halides is 2. The highest BCUT2D eigenvalue weighted by atomic mass is 127. The third-order valence-electron chi connectivity index (χ3n) is 3.29. The molecule has 0 fully saturated rings. The van der Waals surface area contributed by atoms with E-state index in [1.165, 1.54) is 6.92 Å². The molecular weight excluding hydrogens is 479 g/mol. The first-order valence-corrected chi connectivity index (χ1v) is 10.1. The van der Waals surface area contributed by atoms with Crippen LogP contribution in [0, 0.1) is 0 Å². The standard InChI is InChI=1S/C16H14BrIO3S/c1-2-22(20,21)16(17,18)15(19)14-10-8-13(9-11-14)12-6-4-3-5-7-12/h3-11H,2H2,1H3/t16-/m1/s1. The summed E-state index contributed by atoms with van der Waals surface area (Å²) in [5, 5.41) is 0. The van der Waals surface area contributed by atoms with Crippen molar-refractivity contribution in [1.29, 1.82) is 0 Å². The van der Waals surface area contributed by atoms with Crippen molar-refractivity contribution in [1.82, 2.24) is 0 Å². The molecule has 2 aromatic carbocycles. The van der Waals surface area contributed by atoms with E-state index < -0.39 is 17.3 Å². The summed E-state index contributed by atoms with van der Waals surface area (Å²) < 4.78 is 22.5. The summed E-state index contributed by atoms with van der Waals surface area (Å²) in [7, 11) is -3.55. The molecule has 0 heterocycles. The van der Waals surface area contributed by atoms with Crippen molar-refractivity contribution in [3.05, 3.63) is 60.2 Å². The van der Waals surface area contributed by atoms with Gasteiger partial charge in [-0.05, 0) is 49.6 Å². The van der Waals surface area contributed by atoms with Crippen molar-refractivity contribution in [3.63, 3.8) is 0 Å². The fourth-order valence-corrected chi connectivity index (χ4v) is 4.86. The largest absolute Gasteiger partial charge is 0.290 e. The minimum absolute atomic E-state index is 0.102. The van der Waals surface area contributed by atoms with Crippen LogP contribution < -0.4 is 0 Å². The Hall–Kier alpha value is -0.730. The number of ketones is 1. The van der Waals surface area contributed by atoms with Gasteiger partial charge in [-0.1, -0.05) is 61.5 Å². The molecule has 0 aliphatic rings. The first-order valence-electron chi connectivity index (χ1n) is 6.60. The average Bonchev–Trinajstić information content (AvgIpc) is 2.55. The number of halogens is 2. The molecule has 0 amide bonds. The van der Waals surface area contributed by atoms with Crippen LogP contribution in [0.2, 0.25) is 0 Å². The van der Waals surface area contributed by atoms with E-state index in [9.17, 15) is 13.2 Å². The summed E-state index contributed by atoms with van der Waals surface area (Å²) in [6.45, 7) is 1.52. The molecule has 0 bridgehead atoms. The van der Waals surface area contributed by atoms with Gasteiger partial charge < -0.3 is 0 Å². The smallest absolute Gasteiger partial charge is 0.239 e. The van der Waals surface area contributed by atoms with Crippen LogP contribution >= 0.6 is 38.5 Å². The van der Waals surface area contributed by atoms with Gasteiger partial charge in [-0.2, -0.15) is 0 Å². The molecule has 0 unspecified atom stereocenters. The minimum atomic E-state index is -3.55. The quantitative estimate of drug-likeness (QED) is 0.352. The number of hydrogen-bond acceptors (Lipinski definition) is 3. The van der Waals surface area contributed by atoms with Crippen LogP contribution in [-0.2, 0) is 9.84 Å². The van der Waals surface area contributed by atoms with E-state index in [-0.39, 0.29) is 5.75 Å². The van der Waals surface area contributed by atoms with Gasteiger partial charge in [0.2, 0.25) is 7.45 Å². The van der Waals surface area contributed by atoms with E-state index in [0.29, 0.717) is 5.56 Å². The van der Waals surface area contributed by atoms with Crippen molar-refractivity contribution >= 4 is 54.1 Å². The minimum Gasteiger partial charge on any atom is -0.290 e. The first kappa shape index (κ1) is 17.6. The van der Waals surface area contributed by atoms with Crippen LogP contribution in [-0.4, -0.2) is 21.6 Å². The molecule has 0 radical (unpaired) electrons. The number of Topliss-reactive ketones (excluding diaryl/α,β-unsaturated/α-hetero) is 1. The van der Waals surface area contributed by atoms with E-state index in [2.05, 4.69) is 15.9 Å². The zero-order valence-corrected chi connectivity index (χ0v) is 16.4. The van der Waals surface area contributed by atoms with Gasteiger partial charge in [0.25, 0.3) is 0 Å². The molecule has 116 valence electrons. The van der Waals surface area contributed by atoms with Crippen LogP contribution in [0.15, 0.2) is 54.6 Å². The predicted molar refractivity (Wildman–Crippen MR) is 101 cm³/mol. The van der Waals surface area contributed by atoms with Crippen LogP contribution in [0.1, 0.15) is 17.3 Å². The van der Waals surface area contributed by atoms with Crippen LogP contribution in [0.5, 0.6) is 0 Å². The van der Waals surface area contributed by atoms with E-state index in [0.717, 1.165) is 11.1 Å². The molecule has 6 heteroatoms. The summed E-state index contributed by atoms with van der Waals surface area (Å²) in [4.78, 5) is 12.5. The van der Waals surface area contributed by atoms with Crippen molar-refractivity contribution in [2.24, 2.45) is 0 Å². The predicted octanol–water partition coefficient (Wildman–Crippen LogP) is 4.45. The Morgan fingerprint density at radius 2 is 1.55 bits per heavy atom. The summed E-state index contributed by atoms with van der Waals surface area (Å²) in [6.07, 6.45) is 0. The number of carbonyl (C=O) groups is 1. The topological polar surface area (TPSA) is 51.2 Å². The van der Waals surface area contributed by atoms with E-state index in [1.807, 2.05) is 42.5 Å². The van der Waals surface area contributed by atoms with Crippen LogP contribution in [0.25, 0.3) is 11.1 Å². The second kappa shape index (κ2) is 6.80. The maximum Gasteiger partial charge on any atom is 0.239 e. The summed E-state index contributed by atoms with van der Waals surface area (Å²) in [6, 6.07) is 16.7. The number of rotatable bonds is 5. The fourth-order valence-electron chi connectivity index (χ4n) is 1.94. The zero-order chi connectivity index (χ0) is 16.4. The Kier molecular flexibility index (Phi) is 5.45. The van der Waals surface area contributed by atoms with E-state index in [1.54, 1.807) is 34.7 Å².